The lowest BCUT2D eigenvalue weighted by atomic mass is 10.2. The molecular formula is C13H17NO4S. The van der Waals surface area contributed by atoms with E-state index in [0.717, 1.165) is 12.2 Å². The van der Waals surface area contributed by atoms with Gasteiger partial charge in [-0.25, -0.2) is 4.79 Å². The van der Waals surface area contributed by atoms with E-state index in [9.17, 15) is 9.59 Å². The summed E-state index contributed by atoms with van der Waals surface area (Å²) in [6, 6.07) is 8.70. The number of thioether (sulfide) groups is 1. The van der Waals surface area contributed by atoms with Crippen LogP contribution in [0.4, 0.5) is 0 Å². The zero-order chi connectivity index (χ0) is 14.1. The molecule has 1 aromatic carbocycles. The van der Waals surface area contributed by atoms with Crippen molar-refractivity contribution in [2.75, 3.05) is 18.1 Å². The van der Waals surface area contributed by atoms with Gasteiger partial charge in [0.1, 0.15) is 6.04 Å². The second kappa shape index (κ2) is 8.55. The van der Waals surface area contributed by atoms with Crippen LogP contribution in [0, 0.1) is 0 Å². The van der Waals surface area contributed by atoms with Gasteiger partial charge in [0.2, 0.25) is 5.91 Å². The molecule has 0 heterocycles. The van der Waals surface area contributed by atoms with E-state index in [1.165, 1.54) is 17.3 Å². The summed E-state index contributed by atoms with van der Waals surface area (Å²) in [5, 5.41) is 19.7. The van der Waals surface area contributed by atoms with Crippen LogP contribution in [-0.2, 0) is 16.0 Å². The SMILES string of the molecule is O=C(CSCCc1ccccc1)NC(CO)C(=O)O. The molecule has 0 saturated heterocycles. The number of hydrogen-bond acceptors (Lipinski definition) is 4. The minimum atomic E-state index is -1.23. The van der Waals surface area contributed by atoms with E-state index < -0.39 is 18.6 Å². The van der Waals surface area contributed by atoms with Gasteiger partial charge >= 0.3 is 5.97 Å². The number of nitrogens with one attached hydrogen (secondary N) is 1. The number of benzene rings is 1. The van der Waals surface area contributed by atoms with E-state index in [-0.39, 0.29) is 11.7 Å². The third-order valence-corrected chi connectivity index (χ3v) is 3.39. The summed E-state index contributed by atoms with van der Waals surface area (Å²) in [6.45, 7) is -0.601. The number of carbonyl (C=O) groups is 2. The topological polar surface area (TPSA) is 86.6 Å². The van der Waals surface area contributed by atoms with Crippen molar-refractivity contribution < 1.29 is 19.8 Å². The van der Waals surface area contributed by atoms with Crippen LogP contribution in [0.25, 0.3) is 0 Å². The number of carboxylic acid groups (broad SMARTS) is 1. The number of aliphatic carboxylic acids is 1. The van der Waals surface area contributed by atoms with Gasteiger partial charge in [-0.1, -0.05) is 30.3 Å². The Morgan fingerprint density at radius 1 is 1.26 bits per heavy atom. The van der Waals surface area contributed by atoms with Gasteiger partial charge in [-0.15, -0.1) is 0 Å². The molecule has 1 atom stereocenters. The Balaban J connectivity index is 2.19. The van der Waals surface area contributed by atoms with Crippen molar-refractivity contribution in [3.05, 3.63) is 35.9 Å². The number of aliphatic hydroxyl groups is 1. The highest BCUT2D eigenvalue weighted by molar-refractivity contribution is 7.99. The normalized spacial score (nSPS) is 11.8. The van der Waals surface area contributed by atoms with Gasteiger partial charge in [0.15, 0.2) is 0 Å². The molecule has 5 nitrogen and oxygen atoms in total. The summed E-state index contributed by atoms with van der Waals surface area (Å²) in [6.07, 6.45) is 0.862. The molecule has 6 heteroatoms. The van der Waals surface area contributed by atoms with Gasteiger partial charge in [-0.2, -0.15) is 11.8 Å². The Labute approximate surface area is 116 Å². The Bertz CT molecular complexity index is 410. The fourth-order valence-corrected chi connectivity index (χ4v) is 2.21. The molecule has 0 aromatic heterocycles. The average Bonchev–Trinajstić information content (AvgIpc) is 2.42. The number of carbonyl (C=O) groups excluding carboxylic acids is 1. The standard InChI is InChI=1S/C13H17NO4S/c15-8-11(13(17)18)14-12(16)9-19-7-6-10-4-2-1-3-5-10/h1-5,11,15H,6-9H2,(H,14,16)(H,17,18). The molecule has 0 aliphatic rings. The van der Waals surface area contributed by atoms with Crippen molar-refractivity contribution in [1.29, 1.82) is 0 Å². The van der Waals surface area contributed by atoms with Crippen LogP contribution in [0.5, 0.6) is 0 Å². The van der Waals surface area contributed by atoms with Crippen molar-refractivity contribution >= 4 is 23.6 Å². The number of carboxylic acids is 1. The van der Waals surface area contributed by atoms with Crippen molar-refractivity contribution in [2.24, 2.45) is 0 Å². The molecule has 0 bridgehead atoms. The maximum atomic E-state index is 11.4. The second-order valence-electron chi connectivity index (χ2n) is 3.93. The number of aryl methyl sites for hydroxylation is 1. The third-order valence-electron chi connectivity index (χ3n) is 2.43. The van der Waals surface area contributed by atoms with Crippen LogP contribution in [-0.4, -0.2) is 46.2 Å². The maximum absolute atomic E-state index is 11.4. The van der Waals surface area contributed by atoms with Crippen molar-refractivity contribution in [2.45, 2.75) is 12.5 Å². The summed E-state index contributed by atoms with van der Waals surface area (Å²) in [7, 11) is 0. The molecule has 19 heavy (non-hydrogen) atoms. The maximum Gasteiger partial charge on any atom is 0.328 e. The lowest BCUT2D eigenvalue weighted by molar-refractivity contribution is -0.142. The van der Waals surface area contributed by atoms with Gasteiger partial charge in [-0.3, -0.25) is 4.79 Å². The fourth-order valence-electron chi connectivity index (χ4n) is 1.42. The van der Waals surface area contributed by atoms with Crippen LogP contribution < -0.4 is 5.32 Å². The van der Waals surface area contributed by atoms with Crippen LogP contribution in [0.2, 0.25) is 0 Å². The quantitative estimate of drug-likeness (QED) is 0.606. The van der Waals surface area contributed by atoms with E-state index >= 15 is 0 Å². The summed E-state index contributed by atoms with van der Waals surface area (Å²) in [5.74, 6) is -0.630. The first-order chi connectivity index (χ1) is 9.13. The van der Waals surface area contributed by atoms with E-state index in [1.54, 1.807) is 0 Å². The number of rotatable bonds is 8. The first-order valence-electron chi connectivity index (χ1n) is 5.88. The minimum Gasteiger partial charge on any atom is -0.480 e. The van der Waals surface area contributed by atoms with Crippen LogP contribution in [0.15, 0.2) is 30.3 Å². The highest BCUT2D eigenvalue weighted by Crippen LogP contribution is 2.06. The van der Waals surface area contributed by atoms with Gasteiger partial charge in [0, 0.05) is 0 Å². The summed E-state index contributed by atoms with van der Waals surface area (Å²) >= 11 is 1.43. The molecule has 3 N–H and O–H groups in total. The zero-order valence-corrected chi connectivity index (χ0v) is 11.2. The van der Waals surface area contributed by atoms with Crippen LogP contribution in [0.3, 0.4) is 0 Å². The van der Waals surface area contributed by atoms with Gasteiger partial charge in [0.25, 0.3) is 0 Å². The monoisotopic (exact) mass is 283 g/mol. The smallest absolute Gasteiger partial charge is 0.328 e. The highest BCUT2D eigenvalue weighted by Gasteiger charge is 2.18. The van der Waals surface area contributed by atoms with Crippen LogP contribution in [0.1, 0.15) is 5.56 Å². The lowest BCUT2D eigenvalue weighted by Crippen LogP contribution is -2.44. The Morgan fingerprint density at radius 2 is 1.95 bits per heavy atom. The molecule has 0 radical (unpaired) electrons. The molecule has 1 aromatic rings. The molecule has 0 spiro atoms. The van der Waals surface area contributed by atoms with Gasteiger partial charge in [-0.05, 0) is 17.7 Å². The molecule has 0 aliphatic carbocycles. The van der Waals surface area contributed by atoms with Crippen molar-refractivity contribution in [3.8, 4) is 0 Å². The Kier molecular flexibility index (Phi) is 6.99. The molecule has 1 rings (SSSR count). The first kappa shape index (κ1) is 15.5. The lowest BCUT2D eigenvalue weighted by Gasteiger charge is -2.11. The zero-order valence-electron chi connectivity index (χ0n) is 10.4. The molecule has 1 amide bonds. The van der Waals surface area contributed by atoms with Gasteiger partial charge < -0.3 is 15.5 Å². The van der Waals surface area contributed by atoms with E-state index in [2.05, 4.69) is 5.32 Å². The molecule has 0 saturated carbocycles. The summed E-state index contributed by atoms with van der Waals surface area (Å²) in [5.41, 5.74) is 1.20. The molecule has 0 fully saturated rings. The number of aliphatic hydroxyl groups excluding tert-OH is 1. The Hall–Kier alpha value is -1.53. The summed E-state index contributed by atoms with van der Waals surface area (Å²) in [4.78, 5) is 22.0. The summed E-state index contributed by atoms with van der Waals surface area (Å²) < 4.78 is 0. The molecule has 1 unspecified atom stereocenters. The number of hydrogen-bond donors (Lipinski definition) is 3. The predicted molar refractivity (Wildman–Crippen MR) is 74.1 cm³/mol. The van der Waals surface area contributed by atoms with E-state index in [4.69, 9.17) is 10.2 Å². The highest BCUT2D eigenvalue weighted by atomic mass is 32.2. The number of amides is 1. The molecular weight excluding hydrogens is 266 g/mol. The molecule has 104 valence electrons. The second-order valence-corrected chi connectivity index (χ2v) is 5.03. The van der Waals surface area contributed by atoms with Gasteiger partial charge in [0.05, 0.1) is 12.4 Å². The predicted octanol–water partition coefficient (Wildman–Crippen LogP) is 0.524. The third kappa shape index (κ3) is 6.26. The van der Waals surface area contributed by atoms with E-state index in [0.29, 0.717) is 0 Å². The van der Waals surface area contributed by atoms with Crippen molar-refractivity contribution in [1.82, 2.24) is 5.32 Å². The first-order valence-corrected chi connectivity index (χ1v) is 7.03. The average molecular weight is 283 g/mol. The largest absolute Gasteiger partial charge is 0.480 e. The molecule has 0 aliphatic heterocycles. The van der Waals surface area contributed by atoms with E-state index in [1.807, 2.05) is 30.3 Å². The minimum absolute atomic E-state index is 0.191. The fraction of sp³-hybridized carbons (Fsp3) is 0.385. The van der Waals surface area contributed by atoms with Crippen LogP contribution >= 0.6 is 11.8 Å². The van der Waals surface area contributed by atoms with Crippen molar-refractivity contribution in [3.63, 3.8) is 0 Å². The Morgan fingerprint density at radius 3 is 2.53 bits per heavy atom.